The van der Waals surface area contributed by atoms with Crippen LogP contribution in [0.15, 0.2) is 18.2 Å². The van der Waals surface area contributed by atoms with Gasteiger partial charge in [-0.1, -0.05) is 25.4 Å². The third kappa shape index (κ3) is 5.09. The minimum Gasteiger partial charge on any atom is -0.478 e. The van der Waals surface area contributed by atoms with Crippen molar-refractivity contribution in [1.29, 1.82) is 0 Å². The Labute approximate surface area is 123 Å². The highest BCUT2D eigenvalue weighted by molar-refractivity contribution is 6.34. The summed E-state index contributed by atoms with van der Waals surface area (Å²) in [7, 11) is 0. The van der Waals surface area contributed by atoms with E-state index in [9.17, 15) is 9.59 Å². The Morgan fingerprint density at radius 2 is 1.95 bits per heavy atom. The first-order valence-electron chi connectivity index (χ1n) is 6.40. The summed E-state index contributed by atoms with van der Waals surface area (Å²) in [4.78, 5) is 22.6. The second-order valence-corrected chi connectivity index (χ2v) is 5.54. The third-order valence-corrected chi connectivity index (χ3v) is 2.98. The maximum atomic E-state index is 11.8. The number of hydrogen-bond acceptors (Lipinski definition) is 2. The molecule has 1 aromatic rings. The average molecular weight is 299 g/mol. The fraction of sp³-hybridized carbons (Fsp3) is 0.429. The second kappa shape index (κ2) is 7.14. The van der Waals surface area contributed by atoms with Crippen LogP contribution in [0.3, 0.4) is 0 Å². The Hall–Kier alpha value is -1.75. The molecular formula is C14H19ClN2O3. The summed E-state index contributed by atoms with van der Waals surface area (Å²) in [5.74, 6) is -0.572. The topological polar surface area (TPSA) is 78.4 Å². The normalized spacial score (nSPS) is 12.1. The number of aromatic carboxylic acids is 1. The van der Waals surface area contributed by atoms with Crippen molar-refractivity contribution in [2.24, 2.45) is 5.92 Å². The van der Waals surface area contributed by atoms with Crippen LogP contribution in [-0.4, -0.2) is 23.1 Å². The van der Waals surface area contributed by atoms with E-state index in [0.717, 1.165) is 6.42 Å². The van der Waals surface area contributed by atoms with Crippen molar-refractivity contribution in [1.82, 2.24) is 5.32 Å². The third-order valence-electron chi connectivity index (χ3n) is 2.67. The van der Waals surface area contributed by atoms with Gasteiger partial charge in [0.1, 0.15) is 0 Å². The lowest BCUT2D eigenvalue weighted by Crippen LogP contribution is -2.36. The highest BCUT2D eigenvalue weighted by Crippen LogP contribution is 2.23. The highest BCUT2D eigenvalue weighted by Gasteiger charge is 2.12. The number of urea groups is 1. The number of carbonyl (C=O) groups is 2. The molecule has 20 heavy (non-hydrogen) atoms. The maximum Gasteiger partial charge on any atom is 0.335 e. The van der Waals surface area contributed by atoms with Gasteiger partial charge in [0.25, 0.3) is 0 Å². The van der Waals surface area contributed by atoms with Crippen LogP contribution in [0.5, 0.6) is 0 Å². The first-order chi connectivity index (χ1) is 9.29. The van der Waals surface area contributed by atoms with Crippen LogP contribution >= 0.6 is 11.6 Å². The molecule has 0 aliphatic carbocycles. The summed E-state index contributed by atoms with van der Waals surface area (Å²) in [5, 5.41) is 14.4. The lowest BCUT2D eigenvalue weighted by atomic mass is 10.1. The predicted molar refractivity (Wildman–Crippen MR) is 79.5 cm³/mol. The fourth-order valence-corrected chi connectivity index (χ4v) is 2.13. The molecule has 0 spiro atoms. The van der Waals surface area contributed by atoms with Crippen molar-refractivity contribution in [3.8, 4) is 0 Å². The molecule has 1 aromatic carbocycles. The van der Waals surface area contributed by atoms with Crippen LogP contribution in [0.1, 0.15) is 37.6 Å². The van der Waals surface area contributed by atoms with Crippen LogP contribution in [0.2, 0.25) is 5.02 Å². The van der Waals surface area contributed by atoms with Crippen molar-refractivity contribution < 1.29 is 14.7 Å². The number of hydrogen-bond donors (Lipinski definition) is 3. The number of rotatable bonds is 5. The van der Waals surface area contributed by atoms with E-state index in [4.69, 9.17) is 16.7 Å². The number of halogens is 1. The standard InChI is InChI=1S/C14H19ClN2O3/c1-8(2)6-9(3)16-14(20)17-12-5-4-10(13(18)19)7-11(12)15/h4-5,7-9H,6H2,1-3H3,(H,18,19)(H2,16,17,20). The van der Waals surface area contributed by atoms with Crippen LogP contribution < -0.4 is 10.6 Å². The molecule has 0 saturated heterocycles. The molecule has 1 unspecified atom stereocenters. The summed E-state index contributed by atoms with van der Waals surface area (Å²) in [6, 6.07) is 3.85. The van der Waals surface area contributed by atoms with Crippen molar-refractivity contribution in [2.45, 2.75) is 33.2 Å². The lowest BCUT2D eigenvalue weighted by Gasteiger charge is -2.16. The molecule has 110 valence electrons. The first kappa shape index (κ1) is 16.3. The van der Waals surface area contributed by atoms with E-state index in [1.807, 2.05) is 6.92 Å². The van der Waals surface area contributed by atoms with Crippen LogP contribution in [0, 0.1) is 5.92 Å². The van der Waals surface area contributed by atoms with Crippen molar-refractivity contribution in [3.63, 3.8) is 0 Å². The van der Waals surface area contributed by atoms with Gasteiger partial charge in [-0.05, 0) is 37.5 Å². The molecule has 6 heteroatoms. The van der Waals surface area contributed by atoms with Crippen LogP contribution in [0.25, 0.3) is 0 Å². The van der Waals surface area contributed by atoms with E-state index in [2.05, 4.69) is 24.5 Å². The van der Waals surface area contributed by atoms with Gasteiger partial charge in [0.05, 0.1) is 16.3 Å². The molecule has 0 aliphatic rings. The van der Waals surface area contributed by atoms with E-state index in [1.165, 1.54) is 18.2 Å². The number of amides is 2. The molecule has 1 atom stereocenters. The van der Waals surface area contributed by atoms with Gasteiger partial charge in [-0.2, -0.15) is 0 Å². The summed E-state index contributed by atoms with van der Waals surface area (Å²) < 4.78 is 0. The number of benzene rings is 1. The Morgan fingerprint density at radius 3 is 2.45 bits per heavy atom. The number of carbonyl (C=O) groups excluding carboxylic acids is 1. The zero-order chi connectivity index (χ0) is 15.3. The second-order valence-electron chi connectivity index (χ2n) is 5.13. The van der Waals surface area contributed by atoms with Gasteiger partial charge in [-0.15, -0.1) is 0 Å². The Bertz CT molecular complexity index is 503. The zero-order valence-electron chi connectivity index (χ0n) is 11.7. The molecule has 0 saturated carbocycles. The number of anilines is 1. The van der Waals surface area contributed by atoms with E-state index in [-0.39, 0.29) is 22.7 Å². The monoisotopic (exact) mass is 298 g/mol. The SMILES string of the molecule is CC(C)CC(C)NC(=O)Nc1ccc(C(=O)O)cc1Cl. The molecule has 0 heterocycles. The lowest BCUT2D eigenvalue weighted by molar-refractivity contribution is 0.0697. The highest BCUT2D eigenvalue weighted by atomic mass is 35.5. The minimum atomic E-state index is -1.06. The Kier molecular flexibility index (Phi) is 5.82. The van der Waals surface area contributed by atoms with Gasteiger partial charge < -0.3 is 15.7 Å². The van der Waals surface area contributed by atoms with E-state index >= 15 is 0 Å². The van der Waals surface area contributed by atoms with Crippen LogP contribution in [0.4, 0.5) is 10.5 Å². The molecule has 3 N–H and O–H groups in total. The minimum absolute atomic E-state index is 0.0482. The fourth-order valence-electron chi connectivity index (χ4n) is 1.90. The predicted octanol–water partition coefficient (Wildman–Crippen LogP) is 3.59. The molecule has 5 nitrogen and oxygen atoms in total. The average Bonchev–Trinajstić information content (AvgIpc) is 2.30. The summed E-state index contributed by atoms with van der Waals surface area (Å²) in [6.45, 7) is 6.09. The van der Waals surface area contributed by atoms with Gasteiger partial charge in [0, 0.05) is 6.04 Å². The quantitative estimate of drug-likeness (QED) is 0.777. The van der Waals surface area contributed by atoms with Crippen molar-refractivity contribution >= 4 is 29.3 Å². The molecule has 1 rings (SSSR count). The molecule has 0 radical (unpaired) electrons. The van der Waals surface area contributed by atoms with Gasteiger partial charge in [0.2, 0.25) is 0 Å². The van der Waals surface area contributed by atoms with Crippen molar-refractivity contribution in [3.05, 3.63) is 28.8 Å². The zero-order valence-corrected chi connectivity index (χ0v) is 12.5. The molecule has 0 aliphatic heterocycles. The Balaban J connectivity index is 2.64. The van der Waals surface area contributed by atoms with Crippen LogP contribution in [-0.2, 0) is 0 Å². The molecule has 2 amide bonds. The van der Waals surface area contributed by atoms with Gasteiger partial charge in [-0.3, -0.25) is 0 Å². The van der Waals surface area contributed by atoms with E-state index < -0.39 is 5.97 Å². The van der Waals surface area contributed by atoms with Crippen molar-refractivity contribution in [2.75, 3.05) is 5.32 Å². The van der Waals surface area contributed by atoms with E-state index in [1.54, 1.807) is 0 Å². The summed E-state index contributed by atoms with van der Waals surface area (Å²) in [6.07, 6.45) is 0.874. The molecule has 0 aromatic heterocycles. The molecular weight excluding hydrogens is 280 g/mol. The first-order valence-corrected chi connectivity index (χ1v) is 6.77. The molecule has 0 fully saturated rings. The van der Waals surface area contributed by atoms with Gasteiger partial charge >= 0.3 is 12.0 Å². The summed E-state index contributed by atoms with van der Waals surface area (Å²) >= 11 is 5.93. The summed E-state index contributed by atoms with van der Waals surface area (Å²) in [5.41, 5.74) is 0.458. The van der Waals surface area contributed by atoms with Gasteiger partial charge in [0.15, 0.2) is 0 Å². The smallest absolute Gasteiger partial charge is 0.335 e. The Morgan fingerprint density at radius 1 is 1.30 bits per heavy atom. The van der Waals surface area contributed by atoms with E-state index in [0.29, 0.717) is 11.6 Å². The maximum absolute atomic E-state index is 11.8. The number of carboxylic acid groups (broad SMARTS) is 1. The largest absolute Gasteiger partial charge is 0.478 e. The number of carboxylic acids is 1. The molecule has 0 bridgehead atoms. The van der Waals surface area contributed by atoms with Gasteiger partial charge in [-0.25, -0.2) is 9.59 Å². The number of nitrogens with one attached hydrogen (secondary N) is 2.